The Morgan fingerprint density at radius 1 is 1.12 bits per heavy atom. The lowest BCUT2D eigenvalue weighted by atomic mass is 9.73. The number of likely N-dealkylation sites (tertiary alicyclic amines) is 1. The standard InChI is InChI=1S/C27H31N3O2/c1-28-26(31)27(17-22-7-3-4-9-25(22)23-8-5-15-29-18-23)14-6-16-30(20-27)19-21-10-12-24(32-2)13-11-21/h3-5,7-13,15,18H,6,14,16-17,19-20H2,1-2H3,(H,28,31)/t27-/m1/s1. The molecule has 1 fully saturated rings. The molecule has 0 unspecified atom stereocenters. The third kappa shape index (κ3) is 4.83. The molecule has 0 radical (unpaired) electrons. The van der Waals surface area contributed by atoms with E-state index in [2.05, 4.69) is 57.7 Å². The van der Waals surface area contributed by atoms with Crippen LogP contribution in [0, 0.1) is 5.41 Å². The predicted molar refractivity (Wildman–Crippen MR) is 127 cm³/mol. The van der Waals surface area contributed by atoms with Crippen LogP contribution in [-0.4, -0.2) is 43.0 Å². The van der Waals surface area contributed by atoms with E-state index in [1.165, 1.54) is 11.1 Å². The SMILES string of the molecule is CNC(=O)[C@@]1(Cc2ccccc2-c2cccnc2)CCCN(Cc2ccc(OC)cc2)C1. The van der Waals surface area contributed by atoms with Crippen molar-refractivity contribution in [2.75, 3.05) is 27.2 Å². The van der Waals surface area contributed by atoms with Gasteiger partial charge in [-0.25, -0.2) is 0 Å². The first kappa shape index (κ1) is 22.0. The number of hydrogen-bond acceptors (Lipinski definition) is 4. The highest BCUT2D eigenvalue weighted by Crippen LogP contribution is 2.37. The molecular weight excluding hydrogens is 398 g/mol. The number of methoxy groups -OCH3 is 1. The minimum Gasteiger partial charge on any atom is -0.497 e. The van der Waals surface area contributed by atoms with Gasteiger partial charge in [0.25, 0.3) is 0 Å². The first-order chi connectivity index (χ1) is 15.6. The van der Waals surface area contributed by atoms with Gasteiger partial charge < -0.3 is 10.1 Å². The summed E-state index contributed by atoms with van der Waals surface area (Å²) in [6.45, 7) is 2.56. The molecule has 0 spiro atoms. The number of pyridine rings is 1. The second kappa shape index (κ2) is 9.96. The van der Waals surface area contributed by atoms with Gasteiger partial charge in [-0.05, 0) is 60.7 Å². The first-order valence-corrected chi connectivity index (χ1v) is 11.2. The molecule has 32 heavy (non-hydrogen) atoms. The second-order valence-corrected chi connectivity index (χ2v) is 8.60. The number of amides is 1. The molecule has 1 saturated heterocycles. The van der Waals surface area contributed by atoms with Gasteiger partial charge in [0, 0.05) is 38.1 Å². The number of ether oxygens (including phenoxy) is 1. The highest BCUT2D eigenvalue weighted by atomic mass is 16.5. The highest BCUT2D eigenvalue weighted by Gasteiger charge is 2.42. The Morgan fingerprint density at radius 2 is 1.94 bits per heavy atom. The highest BCUT2D eigenvalue weighted by molar-refractivity contribution is 5.83. The Kier molecular flexibility index (Phi) is 6.86. The topological polar surface area (TPSA) is 54.5 Å². The number of piperidine rings is 1. The van der Waals surface area contributed by atoms with Crippen molar-refractivity contribution in [1.29, 1.82) is 0 Å². The van der Waals surface area contributed by atoms with Crippen LogP contribution in [0.3, 0.4) is 0 Å². The van der Waals surface area contributed by atoms with Crippen LogP contribution < -0.4 is 10.1 Å². The Morgan fingerprint density at radius 3 is 2.66 bits per heavy atom. The lowest BCUT2D eigenvalue weighted by Crippen LogP contribution is -2.52. The molecule has 5 nitrogen and oxygen atoms in total. The molecule has 5 heteroatoms. The van der Waals surface area contributed by atoms with Gasteiger partial charge in [-0.3, -0.25) is 14.7 Å². The van der Waals surface area contributed by atoms with E-state index in [4.69, 9.17) is 4.74 Å². The first-order valence-electron chi connectivity index (χ1n) is 11.2. The van der Waals surface area contributed by atoms with Crippen molar-refractivity contribution in [3.63, 3.8) is 0 Å². The number of nitrogens with zero attached hydrogens (tertiary/aromatic N) is 2. The van der Waals surface area contributed by atoms with Crippen LogP contribution in [0.1, 0.15) is 24.0 Å². The van der Waals surface area contributed by atoms with E-state index in [0.29, 0.717) is 6.42 Å². The Labute approximate surface area is 190 Å². The summed E-state index contributed by atoms with van der Waals surface area (Å²) >= 11 is 0. The number of nitrogens with one attached hydrogen (secondary N) is 1. The summed E-state index contributed by atoms with van der Waals surface area (Å²) in [5.74, 6) is 0.983. The number of benzene rings is 2. The van der Waals surface area contributed by atoms with Crippen LogP contribution in [0.4, 0.5) is 0 Å². The number of carbonyl (C=O) groups is 1. The molecule has 3 aromatic rings. The van der Waals surface area contributed by atoms with Crippen LogP contribution in [0.2, 0.25) is 0 Å². The van der Waals surface area contributed by atoms with Crippen molar-refractivity contribution in [3.8, 4) is 16.9 Å². The van der Waals surface area contributed by atoms with Crippen LogP contribution in [-0.2, 0) is 17.8 Å². The molecular formula is C27H31N3O2. The third-order valence-electron chi connectivity index (χ3n) is 6.45. The third-order valence-corrected chi connectivity index (χ3v) is 6.45. The summed E-state index contributed by atoms with van der Waals surface area (Å²) in [6.07, 6.45) is 6.27. The van der Waals surface area contributed by atoms with Gasteiger partial charge in [0.05, 0.1) is 12.5 Å². The van der Waals surface area contributed by atoms with Gasteiger partial charge >= 0.3 is 0 Å². The molecule has 2 aromatic carbocycles. The van der Waals surface area contributed by atoms with Crippen LogP contribution >= 0.6 is 0 Å². The Bertz CT molecular complexity index is 1040. The fourth-order valence-electron chi connectivity index (χ4n) is 4.87. The molecule has 1 amide bonds. The fourth-order valence-corrected chi connectivity index (χ4v) is 4.87. The summed E-state index contributed by atoms with van der Waals surface area (Å²) in [4.78, 5) is 20.0. The Balaban J connectivity index is 1.60. The molecule has 1 N–H and O–H groups in total. The van der Waals surface area contributed by atoms with E-state index in [0.717, 1.165) is 49.4 Å². The summed E-state index contributed by atoms with van der Waals surface area (Å²) < 4.78 is 5.28. The minimum absolute atomic E-state index is 0.123. The second-order valence-electron chi connectivity index (χ2n) is 8.60. The van der Waals surface area contributed by atoms with E-state index in [1.54, 1.807) is 20.4 Å². The fraction of sp³-hybridized carbons (Fsp3) is 0.333. The number of aromatic nitrogens is 1. The van der Waals surface area contributed by atoms with Crippen molar-refractivity contribution in [2.24, 2.45) is 5.41 Å². The zero-order valence-corrected chi connectivity index (χ0v) is 18.9. The molecule has 0 bridgehead atoms. The van der Waals surface area contributed by atoms with Crippen molar-refractivity contribution >= 4 is 5.91 Å². The number of rotatable bonds is 7. The molecule has 1 aliphatic rings. The van der Waals surface area contributed by atoms with Crippen LogP contribution in [0.5, 0.6) is 5.75 Å². The normalized spacial score (nSPS) is 18.8. The van der Waals surface area contributed by atoms with Crippen molar-refractivity contribution in [1.82, 2.24) is 15.2 Å². The molecule has 4 rings (SSSR count). The zero-order valence-electron chi connectivity index (χ0n) is 18.9. The maximum Gasteiger partial charge on any atom is 0.227 e. The van der Waals surface area contributed by atoms with Crippen LogP contribution in [0.15, 0.2) is 73.1 Å². The summed E-state index contributed by atoms with van der Waals surface area (Å²) in [7, 11) is 3.43. The van der Waals surface area contributed by atoms with Gasteiger partial charge in [-0.15, -0.1) is 0 Å². The quantitative estimate of drug-likeness (QED) is 0.607. The Hall–Kier alpha value is -3.18. The molecule has 1 aliphatic heterocycles. The average molecular weight is 430 g/mol. The minimum atomic E-state index is -0.461. The van der Waals surface area contributed by atoms with Crippen LogP contribution in [0.25, 0.3) is 11.1 Å². The molecule has 1 atom stereocenters. The molecule has 166 valence electrons. The van der Waals surface area contributed by atoms with E-state index in [1.807, 2.05) is 24.4 Å². The van der Waals surface area contributed by atoms with Gasteiger partial charge in [0.15, 0.2) is 0 Å². The van der Waals surface area contributed by atoms with Gasteiger partial charge in [0.2, 0.25) is 5.91 Å². The monoisotopic (exact) mass is 429 g/mol. The van der Waals surface area contributed by atoms with Crippen molar-refractivity contribution in [3.05, 3.63) is 84.2 Å². The number of hydrogen-bond donors (Lipinski definition) is 1. The molecule has 1 aromatic heterocycles. The maximum absolute atomic E-state index is 13.3. The van der Waals surface area contributed by atoms with Gasteiger partial charge in [-0.2, -0.15) is 0 Å². The van der Waals surface area contributed by atoms with E-state index in [9.17, 15) is 4.79 Å². The largest absolute Gasteiger partial charge is 0.497 e. The summed E-state index contributed by atoms with van der Waals surface area (Å²) in [5.41, 5.74) is 4.19. The lowest BCUT2D eigenvalue weighted by Gasteiger charge is -2.42. The zero-order chi connectivity index (χ0) is 22.4. The van der Waals surface area contributed by atoms with Crippen molar-refractivity contribution in [2.45, 2.75) is 25.8 Å². The average Bonchev–Trinajstić information content (AvgIpc) is 2.85. The van der Waals surface area contributed by atoms with Gasteiger partial charge in [0.1, 0.15) is 5.75 Å². The number of carbonyl (C=O) groups excluding carboxylic acids is 1. The van der Waals surface area contributed by atoms with Gasteiger partial charge in [-0.1, -0.05) is 42.5 Å². The molecule has 2 heterocycles. The summed E-state index contributed by atoms with van der Waals surface area (Å²) in [5, 5.41) is 2.96. The van der Waals surface area contributed by atoms with E-state index < -0.39 is 5.41 Å². The maximum atomic E-state index is 13.3. The summed E-state index contributed by atoms with van der Waals surface area (Å²) in [6, 6.07) is 20.6. The van der Waals surface area contributed by atoms with E-state index >= 15 is 0 Å². The van der Waals surface area contributed by atoms with Crippen molar-refractivity contribution < 1.29 is 9.53 Å². The molecule has 0 aliphatic carbocycles. The van der Waals surface area contributed by atoms with E-state index in [-0.39, 0.29) is 5.91 Å². The lowest BCUT2D eigenvalue weighted by molar-refractivity contribution is -0.134. The smallest absolute Gasteiger partial charge is 0.227 e. The predicted octanol–water partition coefficient (Wildman–Crippen LogP) is 4.33. The molecule has 0 saturated carbocycles.